The van der Waals surface area contributed by atoms with Crippen molar-refractivity contribution in [2.24, 2.45) is 4.99 Å². The number of anilines is 1. The number of nitrogens with one attached hydrogen (secondary N) is 3. The van der Waals surface area contributed by atoms with Gasteiger partial charge in [-0.25, -0.2) is 0 Å². The molecule has 6 rings (SSSR count). The molecule has 3 aliphatic rings. The molecule has 2 fully saturated rings. The Morgan fingerprint density at radius 2 is 1.91 bits per heavy atom. The van der Waals surface area contributed by atoms with Crippen LogP contribution in [0.25, 0.3) is 10.9 Å². The van der Waals surface area contributed by atoms with Gasteiger partial charge in [-0.05, 0) is 37.0 Å². The predicted molar refractivity (Wildman–Crippen MR) is 126 cm³/mol. The van der Waals surface area contributed by atoms with Crippen molar-refractivity contribution in [1.82, 2.24) is 20.4 Å². The van der Waals surface area contributed by atoms with Gasteiger partial charge in [-0.2, -0.15) is 5.10 Å². The van der Waals surface area contributed by atoms with E-state index in [0.29, 0.717) is 24.8 Å². The largest absolute Gasteiger partial charge is 0.342 e. The summed E-state index contributed by atoms with van der Waals surface area (Å²) >= 11 is 0. The number of amidine groups is 1. The first-order valence-corrected chi connectivity index (χ1v) is 11.6. The normalized spacial score (nSPS) is 24.8. The summed E-state index contributed by atoms with van der Waals surface area (Å²) < 4.78 is 0. The third kappa shape index (κ3) is 3.28. The smallest absolute Gasteiger partial charge is 0.275 e. The van der Waals surface area contributed by atoms with Gasteiger partial charge in [-0.15, -0.1) is 0 Å². The van der Waals surface area contributed by atoms with Crippen LogP contribution >= 0.6 is 0 Å². The molecule has 0 bridgehead atoms. The molecule has 1 aliphatic carbocycles. The van der Waals surface area contributed by atoms with E-state index in [1.54, 1.807) is 0 Å². The summed E-state index contributed by atoms with van der Waals surface area (Å²) in [5, 5.41) is 15.7. The van der Waals surface area contributed by atoms with Crippen molar-refractivity contribution in [3.63, 3.8) is 0 Å². The van der Waals surface area contributed by atoms with Crippen LogP contribution in [0.4, 0.5) is 5.69 Å². The SMILES string of the molecule is O=C(c1n[nH]c2ccccc12)N1CCC2(C1)NCc1ccccc1NC2=NC1CCCC1. The lowest BCUT2D eigenvalue weighted by molar-refractivity contribution is 0.0782. The molecule has 3 N–H and O–H groups in total. The number of rotatable bonds is 2. The highest BCUT2D eigenvalue weighted by atomic mass is 16.2. The summed E-state index contributed by atoms with van der Waals surface area (Å²) in [6.07, 6.45) is 5.61. The van der Waals surface area contributed by atoms with E-state index in [1.807, 2.05) is 29.2 Å². The van der Waals surface area contributed by atoms with Gasteiger partial charge in [0.15, 0.2) is 5.69 Å². The molecule has 1 unspecified atom stereocenters. The lowest BCUT2D eigenvalue weighted by atomic mass is 9.96. The Morgan fingerprint density at radius 3 is 2.81 bits per heavy atom. The fourth-order valence-electron chi connectivity index (χ4n) is 5.36. The molecule has 1 saturated heterocycles. The van der Waals surface area contributed by atoms with Gasteiger partial charge < -0.3 is 10.2 Å². The highest BCUT2D eigenvalue weighted by Crippen LogP contribution is 2.32. The number of aromatic nitrogens is 2. The van der Waals surface area contributed by atoms with Gasteiger partial charge in [0.2, 0.25) is 0 Å². The van der Waals surface area contributed by atoms with Gasteiger partial charge in [0.1, 0.15) is 5.84 Å². The third-order valence-electron chi connectivity index (χ3n) is 7.21. The molecule has 2 aliphatic heterocycles. The Labute approximate surface area is 187 Å². The number of amides is 1. The van der Waals surface area contributed by atoms with Crippen molar-refractivity contribution < 1.29 is 4.79 Å². The third-order valence-corrected chi connectivity index (χ3v) is 7.21. The molecule has 1 saturated carbocycles. The summed E-state index contributed by atoms with van der Waals surface area (Å²) in [7, 11) is 0. The van der Waals surface area contributed by atoms with Crippen molar-refractivity contribution in [3.05, 3.63) is 59.8 Å². The van der Waals surface area contributed by atoms with Crippen LogP contribution in [0.15, 0.2) is 53.5 Å². The minimum absolute atomic E-state index is 0.0249. The first-order chi connectivity index (χ1) is 15.7. The number of hydrogen-bond acceptors (Lipinski definition) is 4. The van der Waals surface area contributed by atoms with Gasteiger partial charge >= 0.3 is 0 Å². The van der Waals surface area contributed by atoms with Crippen molar-refractivity contribution >= 4 is 28.3 Å². The monoisotopic (exact) mass is 428 g/mol. The Hall–Kier alpha value is -3.19. The lowest BCUT2D eigenvalue weighted by Gasteiger charge is -2.31. The topological polar surface area (TPSA) is 85.4 Å². The second-order valence-electron chi connectivity index (χ2n) is 9.23. The lowest BCUT2D eigenvalue weighted by Crippen LogP contribution is -2.55. The number of fused-ring (bicyclic) bond motifs is 2. The molecule has 1 spiro atoms. The van der Waals surface area contributed by atoms with E-state index in [2.05, 4.69) is 45.1 Å². The zero-order valence-electron chi connectivity index (χ0n) is 18.1. The molecule has 7 heteroatoms. The number of carbonyl (C=O) groups is 1. The van der Waals surface area contributed by atoms with Crippen molar-refractivity contribution in [1.29, 1.82) is 0 Å². The van der Waals surface area contributed by atoms with E-state index in [-0.39, 0.29) is 11.4 Å². The van der Waals surface area contributed by atoms with Gasteiger partial charge in [0.05, 0.1) is 17.1 Å². The number of benzene rings is 2. The molecular weight excluding hydrogens is 400 g/mol. The van der Waals surface area contributed by atoms with Gasteiger partial charge in [0.25, 0.3) is 5.91 Å². The molecule has 0 radical (unpaired) electrons. The van der Waals surface area contributed by atoms with Crippen molar-refractivity contribution in [2.75, 3.05) is 18.4 Å². The number of carbonyl (C=O) groups excluding carboxylic acids is 1. The quantitative estimate of drug-likeness (QED) is 0.581. The van der Waals surface area contributed by atoms with E-state index in [9.17, 15) is 4.79 Å². The second kappa shape index (κ2) is 7.74. The van der Waals surface area contributed by atoms with Crippen LogP contribution in [0.3, 0.4) is 0 Å². The summed E-state index contributed by atoms with van der Waals surface area (Å²) in [6.45, 7) is 2.01. The van der Waals surface area contributed by atoms with Crippen LogP contribution in [0.1, 0.15) is 48.2 Å². The summed E-state index contributed by atoms with van der Waals surface area (Å²) in [5.74, 6) is 0.958. The molecule has 164 valence electrons. The number of likely N-dealkylation sites (tertiary alicyclic amines) is 1. The van der Waals surface area contributed by atoms with Gasteiger partial charge in [-0.1, -0.05) is 49.2 Å². The second-order valence-corrected chi connectivity index (χ2v) is 9.23. The number of para-hydroxylation sites is 2. The van der Waals surface area contributed by atoms with Crippen LogP contribution in [-0.4, -0.2) is 51.5 Å². The maximum absolute atomic E-state index is 13.5. The number of nitrogens with zero attached hydrogens (tertiary/aromatic N) is 3. The molecule has 32 heavy (non-hydrogen) atoms. The van der Waals surface area contributed by atoms with E-state index in [1.165, 1.54) is 18.4 Å². The average Bonchev–Trinajstić information content (AvgIpc) is 3.56. The molecule has 1 amide bonds. The highest BCUT2D eigenvalue weighted by molar-refractivity contribution is 6.07. The maximum atomic E-state index is 13.5. The highest BCUT2D eigenvalue weighted by Gasteiger charge is 2.46. The number of aliphatic imine (C=N–C) groups is 1. The Bertz CT molecular complexity index is 1190. The van der Waals surface area contributed by atoms with E-state index in [4.69, 9.17) is 4.99 Å². The zero-order chi connectivity index (χ0) is 21.5. The zero-order valence-corrected chi connectivity index (χ0v) is 18.1. The first-order valence-electron chi connectivity index (χ1n) is 11.6. The number of hydrogen-bond donors (Lipinski definition) is 3. The molecule has 1 atom stereocenters. The Morgan fingerprint density at radius 1 is 1.09 bits per heavy atom. The van der Waals surface area contributed by atoms with Gasteiger partial charge in [0, 0.05) is 30.7 Å². The molecular formula is C25H28N6O. The Kier molecular flexibility index (Phi) is 4.72. The average molecular weight is 429 g/mol. The molecule has 3 heterocycles. The fourth-order valence-corrected chi connectivity index (χ4v) is 5.36. The van der Waals surface area contributed by atoms with E-state index >= 15 is 0 Å². The van der Waals surface area contributed by atoms with Crippen molar-refractivity contribution in [2.45, 2.75) is 50.2 Å². The number of aromatic amines is 1. The van der Waals surface area contributed by atoms with Crippen LogP contribution in [-0.2, 0) is 6.54 Å². The van der Waals surface area contributed by atoms with Crippen LogP contribution in [0.2, 0.25) is 0 Å². The predicted octanol–water partition coefficient (Wildman–Crippen LogP) is 3.70. The van der Waals surface area contributed by atoms with Crippen molar-refractivity contribution in [3.8, 4) is 0 Å². The molecule has 2 aromatic carbocycles. The summed E-state index contributed by atoms with van der Waals surface area (Å²) in [4.78, 5) is 20.6. The molecule has 7 nitrogen and oxygen atoms in total. The maximum Gasteiger partial charge on any atom is 0.275 e. The van der Waals surface area contributed by atoms with Crippen LogP contribution < -0.4 is 10.6 Å². The van der Waals surface area contributed by atoms with Crippen LogP contribution in [0.5, 0.6) is 0 Å². The summed E-state index contributed by atoms with van der Waals surface area (Å²) in [6, 6.07) is 16.6. The standard InChI is InChI=1S/C25H28N6O/c32-23(22-19-10-4-6-12-21(19)29-30-22)31-14-13-25(16-31)24(27-18-8-2-3-9-18)28-20-11-5-1-7-17(20)15-26-25/h1,4-7,10-12,18,26H,2-3,8-9,13-16H2,(H,27,28)(H,29,30). The minimum Gasteiger partial charge on any atom is -0.342 e. The van der Waals surface area contributed by atoms with Crippen LogP contribution in [0, 0.1) is 0 Å². The molecule has 3 aromatic rings. The fraction of sp³-hybridized carbons (Fsp3) is 0.400. The molecule has 1 aromatic heterocycles. The minimum atomic E-state index is -0.372. The number of H-pyrrole nitrogens is 1. The Balaban J connectivity index is 1.33. The first kappa shape index (κ1) is 19.5. The van der Waals surface area contributed by atoms with E-state index < -0.39 is 0 Å². The van der Waals surface area contributed by atoms with Gasteiger partial charge in [-0.3, -0.25) is 20.2 Å². The summed E-state index contributed by atoms with van der Waals surface area (Å²) in [5.41, 5.74) is 3.35. The van der Waals surface area contributed by atoms with E-state index in [0.717, 1.165) is 48.2 Å².